The van der Waals surface area contributed by atoms with Crippen LogP contribution in [0.1, 0.15) is 46.1 Å². The maximum Gasteiger partial charge on any atom is 0.258 e. The van der Waals surface area contributed by atoms with E-state index >= 15 is 0 Å². The predicted octanol–water partition coefficient (Wildman–Crippen LogP) is 3.94. The van der Waals surface area contributed by atoms with Gasteiger partial charge in [-0.1, -0.05) is 17.7 Å². The van der Waals surface area contributed by atoms with E-state index in [9.17, 15) is 4.79 Å². The van der Waals surface area contributed by atoms with Crippen LogP contribution in [-0.2, 0) is 6.42 Å². The fourth-order valence-electron chi connectivity index (χ4n) is 3.73. The maximum absolute atomic E-state index is 13.0. The van der Waals surface area contributed by atoms with E-state index in [1.54, 1.807) is 0 Å². The van der Waals surface area contributed by atoms with E-state index in [4.69, 9.17) is 16.3 Å². The van der Waals surface area contributed by atoms with Crippen LogP contribution < -0.4 is 4.74 Å². The van der Waals surface area contributed by atoms with E-state index in [1.165, 1.54) is 0 Å². The molecule has 0 unspecified atom stereocenters. The van der Waals surface area contributed by atoms with Crippen LogP contribution in [0.25, 0.3) is 0 Å². The summed E-state index contributed by atoms with van der Waals surface area (Å²) in [6.07, 6.45) is 3.46. The summed E-state index contributed by atoms with van der Waals surface area (Å²) in [5, 5.41) is 0.558. The molecule has 0 aliphatic carbocycles. The third-order valence-corrected chi connectivity index (χ3v) is 5.71. The van der Waals surface area contributed by atoms with Crippen LogP contribution in [0.2, 0.25) is 5.02 Å². The van der Waals surface area contributed by atoms with E-state index in [0.717, 1.165) is 28.8 Å². The van der Waals surface area contributed by atoms with Crippen molar-refractivity contribution in [2.24, 2.45) is 0 Å². The van der Waals surface area contributed by atoms with Gasteiger partial charge >= 0.3 is 0 Å². The molecule has 1 fully saturated rings. The summed E-state index contributed by atoms with van der Waals surface area (Å²) in [5.74, 6) is 0.571. The number of halogens is 1. The molecule has 0 saturated carbocycles. The van der Waals surface area contributed by atoms with Crippen molar-refractivity contribution in [2.45, 2.75) is 45.8 Å². The average Bonchev–Trinajstić information content (AvgIpc) is 2.89. The summed E-state index contributed by atoms with van der Waals surface area (Å²) < 4.78 is 6.11. The molecular weight excluding hydrogens is 336 g/mol. The minimum Gasteiger partial charge on any atom is -0.486 e. The largest absolute Gasteiger partial charge is 0.486 e. The van der Waals surface area contributed by atoms with Gasteiger partial charge in [0.25, 0.3) is 5.91 Å². The smallest absolute Gasteiger partial charge is 0.258 e. The second-order valence-corrected chi connectivity index (χ2v) is 7.50. The van der Waals surface area contributed by atoms with Crippen LogP contribution in [0.3, 0.4) is 0 Å². The Balaban J connectivity index is 1.77. The summed E-state index contributed by atoms with van der Waals surface area (Å²) in [5.41, 5.74) is 4.68. The van der Waals surface area contributed by atoms with Gasteiger partial charge in [0.1, 0.15) is 6.10 Å². The van der Waals surface area contributed by atoms with Crippen molar-refractivity contribution in [1.82, 2.24) is 9.88 Å². The van der Waals surface area contributed by atoms with E-state index in [2.05, 4.69) is 18.0 Å². The van der Waals surface area contributed by atoms with Crippen molar-refractivity contribution >= 4 is 17.5 Å². The third kappa shape index (κ3) is 2.78. The molecule has 0 N–H and O–H groups in total. The van der Waals surface area contributed by atoms with Gasteiger partial charge in [0.05, 0.1) is 17.1 Å². The highest BCUT2D eigenvalue weighted by Crippen LogP contribution is 2.40. The standard InChI is InChI=1S/C20H21ClN2O2/c1-11-4-5-14(9-22-11)7-15-8-17-19(18(21)13(15)3)25-16-6-12(2)23(10-16)20(17)24/h4-5,8-9,12,16H,6-7,10H2,1-3H3/t12-,16-/m0/s1. The van der Waals surface area contributed by atoms with Crippen LogP contribution in [0, 0.1) is 13.8 Å². The molecular formula is C20H21ClN2O2. The lowest BCUT2D eigenvalue weighted by atomic mass is 9.97. The van der Waals surface area contributed by atoms with Gasteiger partial charge in [-0.25, -0.2) is 0 Å². The Labute approximate surface area is 152 Å². The highest BCUT2D eigenvalue weighted by atomic mass is 35.5. The Kier molecular flexibility index (Phi) is 3.95. The molecule has 1 aromatic carbocycles. The van der Waals surface area contributed by atoms with Crippen LogP contribution in [0.5, 0.6) is 5.75 Å². The summed E-state index contributed by atoms with van der Waals surface area (Å²) in [4.78, 5) is 19.2. The predicted molar refractivity (Wildman–Crippen MR) is 97.5 cm³/mol. The van der Waals surface area contributed by atoms with Gasteiger partial charge in [-0.05, 0) is 56.0 Å². The van der Waals surface area contributed by atoms with Gasteiger partial charge in [-0.3, -0.25) is 9.78 Å². The minimum absolute atomic E-state index is 0.0210. The number of fused-ring (bicyclic) bond motifs is 3. The number of hydrogen-bond acceptors (Lipinski definition) is 3. The van der Waals surface area contributed by atoms with Gasteiger partial charge in [0, 0.05) is 24.4 Å². The van der Waals surface area contributed by atoms with E-state index in [1.807, 2.05) is 37.1 Å². The van der Waals surface area contributed by atoms with Gasteiger partial charge in [-0.15, -0.1) is 0 Å². The Morgan fingerprint density at radius 2 is 2.16 bits per heavy atom. The SMILES string of the molecule is Cc1ccc(Cc2cc3c(c(Cl)c2C)O[C@H]2C[C@H](C)N(C2)C3=O)cn1. The van der Waals surface area contributed by atoms with Gasteiger partial charge < -0.3 is 9.64 Å². The van der Waals surface area contributed by atoms with Crippen molar-refractivity contribution in [3.8, 4) is 5.75 Å². The highest BCUT2D eigenvalue weighted by Gasteiger charge is 2.40. The molecule has 4 nitrogen and oxygen atoms in total. The molecule has 2 atom stereocenters. The third-order valence-electron chi connectivity index (χ3n) is 5.25. The van der Waals surface area contributed by atoms with Crippen molar-refractivity contribution in [3.05, 3.63) is 57.4 Å². The molecule has 0 spiro atoms. The first-order chi connectivity index (χ1) is 11.9. The number of carbonyl (C=O) groups excluding carboxylic acids is 1. The zero-order chi connectivity index (χ0) is 17.7. The first kappa shape index (κ1) is 16.4. The molecule has 2 aliphatic rings. The van der Waals surface area contributed by atoms with Crippen molar-refractivity contribution in [1.29, 1.82) is 0 Å². The maximum atomic E-state index is 13.0. The van der Waals surface area contributed by atoms with Crippen LogP contribution in [0.15, 0.2) is 24.4 Å². The highest BCUT2D eigenvalue weighted by molar-refractivity contribution is 6.33. The van der Waals surface area contributed by atoms with Gasteiger partial charge in [0.15, 0.2) is 5.75 Å². The molecule has 4 rings (SSSR count). The van der Waals surface area contributed by atoms with Gasteiger partial charge in [0.2, 0.25) is 0 Å². The Morgan fingerprint density at radius 1 is 1.36 bits per heavy atom. The molecule has 1 amide bonds. The number of amides is 1. The summed E-state index contributed by atoms with van der Waals surface area (Å²) >= 11 is 6.61. The number of carbonyl (C=O) groups is 1. The second kappa shape index (κ2) is 6.03. The number of pyridine rings is 1. The molecule has 1 aromatic heterocycles. The fourth-order valence-corrected chi connectivity index (χ4v) is 4.00. The Hall–Kier alpha value is -2.07. The first-order valence-electron chi connectivity index (χ1n) is 8.65. The number of ether oxygens (including phenoxy) is 1. The molecule has 2 bridgehead atoms. The number of rotatable bonds is 2. The molecule has 2 aliphatic heterocycles. The molecule has 0 radical (unpaired) electrons. The Bertz CT molecular complexity index is 848. The van der Waals surface area contributed by atoms with Crippen LogP contribution >= 0.6 is 11.6 Å². The lowest BCUT2D eigenvalue weighted by Crippen LogP contribution is -2.33. The zero-order valence-electron chi connectivity index (χ0n) is 14.7. The topological polar surface area (TPSA) is 42.4 Å². The van der Waals surface area contributed by atoms with Crippen molar-refractivity contribution < 1.29 is 9.53 Å². The number of aryl methyl sites for hydroxylation is 1. The van der Waals surface area contributed by atoms with Crippen LogP contribution in [-0.4, -0.2) is 34.5 Å². The number of hydrogen-bond donors (Lipinski definition) is 0. The first-order valence-corrected chi connectivity index (χ1v) is 9.03. The quantitative estimate of drug-likeness (QED) is 0.818. The van der Waals surface area contributed by atoms with E-state index in [-0.39, 0.29) is 18.1 Å². The fraction of sp³-hybridized carbons (Fsp3) is 0.400. The van der Waals surface area contributed by atoms with Gasteiger partial charge in [-0.2, -0.15) is 0 Å². The average molecular weight is 357 g/mol. The lowest BCUT2D eigenvalue weighted by molar-refractivity contribution is 0.0748. The zero-order valence-corrected chi connectivity index (χ0v) is 15.4. The monoisotopic (exact) mass is 356 g/mol. The minimum atomic E-state index is 0.0210. The lowest BCUT2D eigenvalue weighted by Gasteiger charge is -2.23. The van der Waals surface area contributed by atoms with Crippen molar-refractivity contribution in [3.63, 3.8) is 0 Å². The second-order valence-electron chi connectivity index (χ2n) is 7.12. The number of benzene rings is 1. The van der Waals surface area contributed by atoms with E-state index < -0.39 is 0 Å². The number of aromatic nitrogens is 1. The Morgan fingerprint density at radius 3 is 2.88 bits per heavy atom. The molecule has 2 aromatic rings. The molecule has 5 heteroatoms. The summed E-state index contributed by atoms with van der Waals surface area (Å²) in [7, 11) is 0. The van der Waals surface area contributed by atoms with Crippen LogP contribution in [0.4, 0.5) is 0 Å². The molecule has 25 heavy (non-hydrogen) atoms. The number of nitrogens with zero attached hydrogens (tertiary/aromatic N) is 2. The summed E-state index contributed by atoms with van der Waals surface area (Å²) in [6, 6.07) is 6.21. The van der Waals surface area contributed by atoms with Crippen molar-refractivity contribution in [2.75, 3.05) is 6.54 Å². The molecule has 3 heterocycles. The normalized spacial score (nSPS) is 21.8. The molecule has 130 valence electrons. The molecule has 1 saturated heterocycles. The van der Waals surface area contributed by atoms with E-state index in [0.29, 0.717) is 29.3 Å². The summed E-state index contributed by atoms with van der Waals surface area (Å²) in [6.45, 7) is 6.66.